The first kappa shape index (κ1) is 15.0. The number of nitrogens with two attached hydrogens (primary N) is 1. The number of benzene rings is 1. The maximum absolute atomic E-state index is 14.0. The zero-order valence-corrected chi connectivity index (χ0v) is 12.8. The molecule has 0 aliphatic carbocycles. The van der Waals surface area contributed by atoms with Crippen molar-refractivity contribution in [1.29, 1.82) is 0 Å². The molecule has 0 spiro atoms. The number of ether oxygens (including phenoxy) is 1. The predicted molar refractivity (Wildman–Crippen MR) is 81.1 cm³/mol. The lowest BCUT2D eigenvalue weighted by Gasteiger charge is -2.12. The number of hydrogen-bond acceptors (Lipinski definition) is 5. The summed E-state index contributed by atoms with van der Waals surface area (Å²) in [5.41, 5.74) is 7.05. The van der Waals surface area contributed by atoms with E-state index in [0.717, 1.165) is 25.2 Å². The number of likely N-dealkylation sites (tertiary alicyclic amines) is 1. The smallest absolute Gasteiger partial charge is 0.229 e. The van der Waals surface area contributed by atoms with Crippen LogP contribution in [-0.2, 0) is 6.54 Å². The molecule has 1 aliphatic rings. The van der Waals surface area contributed by atoms with E-state index < -0.39 is 0 Å². The fraction of sp³-hybridized carbons (Fsp3) is 0.438. The second-order valence-corrected chi connectivity index (χ2v) is 5.65. The van der Waals surface area contributed by atoms with Gasteiger partial charge in [-0.15, -0.1) is 0 Å². The molecule has 2 aromatic rings. The molecule has 1 fully saturated rings. The van der Waals surface area contributed by atoms with Crippen LogP contribution in [0.2, 0.25) is 0 Å². The van der Waals surface area contributed by atoms with Crippen LogP contribution < -0.4 is 10.5 Å². The van der Waals surface area contributed by atoms with Crippen molar-refractivity contribution in [2.75, 3.05) is 20.2 Å². The van der Waals surface area contributed by atoms with Gasteiger partial charge in [0.1, 0.15) is 17.3 Å². The molecule has 0 amide bonds. The van der Waals surface area contributed by atoms with Crippen LogP contribution in [0.5, 0.6) is 5.75 Å². The van der Waals surface area contributed by atoms with Gasteiger partial charge in [-0.25, -0.2) is 9.37 Å². The van der Waals surface area contributed by atoms with Crippen molar-refractivity contribution >= 4 is 0 Å². The van der Waals surface area contributed by atoms with Crippen LogP contribution in [0.15, 0.2) is 22.6 Å². The molecular formula is C16H20FN3O2. The van der Waals surface area contributed by atoms with Crippen molar-refractivity contribution in [3.05, 3.63) is 35.5 Å². The van der Waals surface area contributed by atoms with Gasteiger partial charge >= 0.3 is 0 Å². The normalized spacial score (nSPS) is 18.8. The second kappa shape index (κ2) is 6.06. The highest BCUT2D eigenvalue weighted by Crippen LogP contribution is 2.28. The van der Waals surface area contributed by atoms with Crippen molar-refractivity contribution in [2.24, 2.45) is 5.73 Å². The van der Waals surface area contributed by atoms with Gasteiger partial charge in [0.05, 0.1) is 18.4 Å². The first-order valence-corrected chi connectivity index (χ1v) is 7.35. The van der Waals surface area contributed by atoms with Gasteiger partial charge in [0, 0.05) is 25.7 Å². The van der Waals surface area contributed by atoms with Gasteiger partial charge in [-0.1, -0.05) is 0 Å². The van der Waals surface area contributed by atoms with Crippen molar-refractivity contribution in [2.45, 2.75) is 25.9 Å². The third-order valence-electron chi connectivity index (χ3n) is 3.98. The first-order chi connectivity index (χ1) is 10.6. The first-order valence-electron chi connectivity index (χ1n) is 7.35. The van der Waals surface area contributed by atoms with Crippen LogP contribution >= 0.6 is 0 Å². The van der Waals surface area contributed by atoms with E-state index in [-0.39, 0.29) is 17.7 Å². The number of halogens is 1. The van der Waals surface area contributed by atoms with E-state index in [4.69, 9.17) is 14.9 Å². The summed E-state index contributed by atoms with van der Waals surface area (Å²) < 4.78 is 24.8. The van der Waals surface area contributed by atoms with Gasteiger partial charge in [0.2, 0.25) is 5.89 Å². The van der Waals surface area contributed by atoms with Gasteiger partial charge < -0.3 is 14.9 Å². The minimum Gasteiger partial charge on any atom is -0.497 e. The van der Waals surface area contributed by atoms with E-state index in [1.165, 1.54) is 6.07 Å². The van der Waals surface area contributed by atoms with Crippen LogP contribution in [0.3, 0.4) is 0 Å². The fourth-order valence-electron chi connectivity index (χ4n) is 2.70. The van der Waals surface area contributed by atoms with Gasteiger partial charge in [0.15, 0.2) is 0 Å². The summed E-state index contributed by atoms with van der Waals surface area (Å²) in [6.45, 7) is 4.33. The van der Waals surface area contributed by atoms with Crippen molar-refractivity contribution in [3.8, 4) is 17.2 Å². The standard InChI is InChI=1S/C16H20FN3O2/c1-10-15(9-20-6-5-11(18)8-20)19-16(22-10)13-7-12(21-2)3-4-14(13)17/h3-4,7,11H,5-6,8-9,18H2,1-2H3/t11-/m1/s1. The average molecular weight is 305 g/mol. The Morgan fingerprint density at radius 1 is 1.50 bits per heavy atom. The van der Waals surface area contributed by atoms with Gasteiger partial charge in [-0.05, 0) is 31.5 Å². The van der Waals surface area contributed by atoms with Gasteiger partial charge in [0.25, 0.3) is 0 Å². The van der Waals surface area contributed by atoms with Crippen molar-refractivity contribution in [3.63, 3.8) is 0 Å². The maximum atomic E-state index is 14.0. The molecule has 1 atom stereocenters. The molecular weight excluding hydrogens is 285 g/mol. The Morgan fingerprint density at radius 2 is 2.32 bits per heavy atom. The molecule has 118 valence electrons. The Morgan fingerprint density at radius 3 is 3.00 bits per heavy atom. The topological polar surface area (TPSA) is 64.5 Å². The summed E-state index contributed by atoms with van der Waals surface area (Å²) in [6, 6.07) is 4.74. The predicted octanol–water partition coefficient (Wildman–Crippen LogP) is 2.33. The Labute approximate surface area is 128 Å². The Bertz CT molecular complexity index is 671. The zero-order valence-electron chi connectivity index (χ0n) is 12.8. The number of methoxy groups -OCH3 is 1. The van der Waals surface area contributed by atoms with Crippen LogP contribution in [0.1, 0.15) is 17.9 Å². The summed E-state index contributed by atoms with van der Waals surface area (Å²) >= 11 is 0. The minimum atomic E-state index is -0.378. The quantitative estimate of drug-likeness (QED) is 0.939. The highest BCUT2D eigenvalue weighted by molar-refractivity contribution is 5.57. The van der Waals surface area contributed by atoms with Crippen LogP contribution in [-0.4, -0.2) is 36.1 Å². The van der Waals surface area contributed by atoms with Crippen LogP contribution in [0.25, 0.3) is 11.5 Å². The third kappa shape index (κ3) is 2.98. The molecule has 1 aliphatic heterocycles. The molecule has 22 heavy (non-hydrogen) atoms. The number of nitrogens with zero attached hydrogens (tertiary/aromatic N) is 2. The molecule has 0 unspecified atom stereocenters. The number of hydrogen-bond donors (Lipinski definition) is 1. The summed E-state index contributed by atoms with van der Waals surface area (Å²) in [6.07, 6.45) is 0.994. The van der Waals surface area contributed by atoms with Gasteiger partial charge in [-0.3, -0.25) is 4.90 Å². The SMILES string of the molecule is COc1ccc(F)c(-c2nc(CN3CC[C@@H](N)C3)c(C)o2)c1. The molecule has 2 heterocycles. The molecule has 0 radical (unpaired) electrons. The molecule has 2 N–H and O–H groups in total. The summed E-state index contributed by atoms with van der Waals surface area (Å²) in [4.78, 5) is 6.70. The lowest BCUT2D eigenvalue weighted by molar-refractivity contribution is 0.321. The number of oxazole rings is 1. The van der Waals surface area contributed by atoms with Crippen molar-refractivity contribution in [1.82, 2.24) is 9.88 Å². The molecule has 1 saturated heterocycles. The minimum absolute atomic E-state index is 0.225. The molecule has 1 aromatic heterocycles. The Hall–Kier alpha value is -1.92. The Balaban J connectivity index is 1.85. The highest BCUT2D eigenvalue weighted by Gasteiger charge is 2.22. The van der Waals surface area contributed by atoms with E-state index in [1.807, 2.05) is 6.92 Å². The molecule has 0 saturated carbocycles. The summed E-state index contributed by atoms with van der Waals surface area (Å²) in [5.74, 6) is 1.18. The number of aromatic nitrogens is 1. The zero-order chi connectivity index (χ0) is 15.7. The van der Waals surface area contributed by atoms with E-state index in [2.05, 4.69) is 9.88 Å². The van der Waals surface area contributed by atoms with E-state index in [1.54, 1.807) is 19.2 Å². The molecule has 3 rings (SSSR count). The van der Waals surface area contributed by atoms with Crippen LogP contribution in [0.4, 0.5) is 4.39 Å². The van der Waals surface area contributed by atoms with E-state index in [9.17, 15) is 4.39 Å². The van der Waals surface area contributed by atoms with Gasteiger partial charge in [-0.2, -0.15) is 0 Å². The monoisotopic (exact) mass is 305 g/mol. The summed E-state index contributed by atoms with van der Waals surface area (Å²) in [5, 5.41) is 0. The lowest BCUT2D eigenvalue weighted by atomic mass is 10.2. The fourth-order valence-corrected chi connectivity index (χ4v) is 2.70. The highest BCUT2D eigenvalue weighted by atomic mass is 19.1. The van der Waals surface area contributed by atoms with E-state index >= 15 is 0 Å². The largest absolute Gasteiger partial charge is 0.497 e. The molecule has 5 nitrogen and oxygen atoms in total. The lowest BCUT2D eigenvalue weighted by Crippen LogP contribution is -2.26. The Kier molecular flexibility index (Phi) is 4.13. The molecule has 1 aromatic carbocycles. The van der Waals surface area contributed by atoms with E-state index in [0.29, 0.717) is 23.6 Å². The van der Waals surface area contributed by atoms with Crippen molar-refractivity contribution < 1.29 is 13.5 Å². The summed E-state index contributed by atoms with van der Waals surface area (Å²) in [7, 11) is 1.54. The third-order valence-corrected chi connectivity index (χ3v) is 3.98. The second-order valence-electron chi connectivity index (χ2n) is 5.65. The molecule has 6 heteroatoms. The maximum Gasteiger partial charge on any atom is 0.229 e. The average Bonchev–Trinajstić information content (AvgIpc) is 3.06. The van der Waals surface area contributed by atoms with Crippen LogP contribution in [0, 0.1) is 12.7 Å². The molecule has 0 bridgehead atoms. The number of aryl methyl sites for hydroxylation is 1. The number of rotatable bonds is 4.